The van der Waals surface area contributed by atoms with E-state index in [-0.39, 0.29) is 17.6 Å². The molecule has 11 nitrogen and oxygen atoms in total. The number of aryl methyl sites for hydroxylation is 6. The van der Waals surface area contributed by atoms with Crippen molar-refractivity contribution in [2.45, 2.75) is 66.3 Å². The Morgan fingerprint density at radius 3 is 2.28 bits per heavy atom. The van der Waals surface area contributed by atoms with Crippen LogP contribution in [0.1, 0.15) is 81.3 Å². The molecular formula is C45H50Cl2N6O5. The summed E-state index contributed by atoms with van der Waals surface area (Å²) in [6, 6.07) is 13.1. The molecule has 0 spiro atoms. The molecule has 0 bridgehead atoms. The first kappa shape index (κ1) is 39.8. The lowest BCUT2D eigenvalue weighted by Crippen LogP contribution is -2.43. The Kier molecular flexibility index (Phi) is 10.8. The SMILES string of the molecule is Cc1cc(OCCCc2c3n(c4c(-c5c(C)nn(C)c5C)c(Cl)ccc24)[C@H](C)CN(c2cc(OCCN4CCCC4)cc4cc(C(=O)O)n(C)c24)C3=O)cc(C)c1Cl. The van der Waals surface area contributed by atoms with Gasteiger partial charge in [0.1, 0.15) is 29.5 Å². The Hall–Kier alpha value is -4.97. The summed E-state index contributed by atoms with van der Waals surface area (Å²) >= 11 is 13.6. The fourth-order valence-electron chi connectivity index (χ4n) is 9.18. The molecule has 0 saturated carbocycles. The van der Waals surface area contributed by atoms with Crippen LogP contribution in [0.3, 0.4) is 0 Å². The van der Waals surface area contributed by atoms with Gasteiger partial charge in [0.05, 0.1) is 34.0 Å². The van der Waals surface area contributed by atoms with Crippen LogP contribution >= 0.6 is 23.2 Å². The smallest absolute Gasteiger partial charge is 0.352 e. The van der Waals surface area contributed by atoms with Crippen LogP contribution in [-0.2, 0) is 20.5 Å². The highest BCUT2D eigenvalue weighted by Gasteiger charge is 2.38. The molecule has 0 radical (unpaired) electrons. The quantitative estimate of drug-likeness (QED) is 0.123. The number of likely N-dealkylation sites (tertiary alicyclic amines) is 1. The van der Waals surface area contributed by atoms with Gasteiger partial charge in [-0.15, -0.1) is 0 Å². The van der Waals surface area contributed by atoms with E-state index in [1.807, 2.05) is 75.8 Å². The number of amides is 1. The average Bonchev–Trinajstić information content (AvgIpc) is 3.95. The van der Waals surface area contributed by atoms with Gasteiger partial charge in [0.25, 0.3) is 5.91 Å². The van der Waals surface area contributed by atoms with Gasteiger partial charge in [0, 0.05) is 71.9 Å². The number of carboxylic acid groups (broad SMARTS) is 1. The van der Waals surface area contributed by atoms with Gasteiger partial charge in [-0.3, -0.25) is 14.4 Å². The highest BCUT2D eigenvalue weighted by atomic mass is 35.5. The van der Waals surface area contributed by atoms with E-state index in [9.17, 15) is 9.90 Å². The number of carbonyl (C=O) groups excluding carboxylic acids is 1. The molecular weight excluding hydrogens is 775 g/mol. The van der Waals surface area contributed by atoms with E-state index in [1.165, 1.54) is 12.8 Å². The molecule has 0 aliphatic carbocycles. The minimum atomic E-state index is -1.04. The van der Waals surface area contributed by atoms with Gasteiger partial charge >= 0.3 is 5.97 Å². The van der Waals surface area contributed by atoms with E-state index in [0.29, 0.717) is 65.7 Å². The van der Waals surface area contributed by atoms with E-state index in [1.54, 1.807) is 22.6 Å². The Bertz CT molecular complexity index is 2590. The Balaban J connectivity index is 1.25. The number of ether oxygens (including phenoxy) is 2. The first-order valence-corrected chi connectivity index (χ1v) is 20.8. The Morgan fingerprint density at radius 1 is 0.914 bits per heavy atom. The third-order valence-electron chi connectivity index (χ3n) is 12.0. The van der Waals surface area contributed by atoms with Crippen LogP contribution in [0.5, 0.6) is 11.5 Å². The molecule has 8 rings (SSSR count). The van der Waals surface area contributed by atoms with E-state index in [4.69, 9.17) is 37.8 Å². The largest absolute Gasteiger partial charge is 0.494 e. The molecule has 1 atom stereocenters. The van der Waals surface area contributed by atoms with Gasteiger partial charge in [-0.2, -0.15) is 5.10 Å². The lowest BCUT2D eigenvalue weighted by Gasteiger charge is -2.35. The van der Waals surface area contributed by atoms with E-state index >= 15 is 4.79 Å². The van der Waals surface area contributed by atoms with Crippen molar-refractivity contribution in [2.75, 3.05) is 44.3 Å². The summed E-state index contributed by atoms with van der Waals surface area (Å²) in [6.45, 7) is 14.3. The predicted molar refractivity (Wildman–Crippen MR) is 231 cm³/mol. The van der Waals surface area contributed by atoms with Crippen LogP contribution in [0.25, 0.3) is 32.9 Å². The second kappa shape index (κ2) is 15.7. The number of halogens is 2. The third kappa shape index (κ3) is 6.90. The predicted octanol–water partition coefficient (Wildman–Crippen LogP) is 9.48. The minimum absolute atomic E-state index is 0.130. The fourth-order valence-corrected chi connectivity index (χ4v) is 9.54. The molecule has 1 N–H and O–H groups in total. The molecule has 2 aliphatic rings. The van der Waals surface area contributed by atoms with E-state index < -0.39 is 5.97 Å². The average molecular weight is 826 g/mol. The molecule has 1 amide bonds. The number of carboxylic acids is 1. The second-order valence-electron chi connectivity index (χ2n) is 15.9. The van der Waals surface area contributed by atoms with Crippen LogP contribution in [0, 0.1) is 27.7 Å². The molecule has 6 aromatic rings. The van der Waals surface area contributed by atoms with Gasteiger partial charge in [0.15, 0.2) is 0 Å². The number of hydrogen-bond donors (Lipinski definition) is 1. The maximum atomic E-state index is 15.4. The summed E-state index contributed by atoms with van der Waals surface area (Å²) in [5.41, 5.74) is 9.34. The van der Waals surface area contributed by atoms with Gasteiger partial charge in [-0.05, 0) is 120 Å². The van der Waals surface area contributed by atoms with Crippen molar-refractivity contribution >= 4 is 62.6 Å². The number of carbonyl (C=O) groups is 2. The monoisotopic (exact) mass is 824 g/mol. The molecule has 2 aliphatic heterocycles. The van der Waals surface area contributed by atoms with Crippen LogP contribution in [-0.4, -0.2) is 80.2 Å². The van der Waals surface area contributed by atoms with Crippen molar-refractivity contribution < 1.29 is 24.2 Å². The van der Waals surface area contributed by atoms with Gasteiger partial charge in [-0.1, -0.05) is 29.3 Å². The van der Waals surface area contributed by atoms with Crippen molar-refractivity contribution in [1.29, 1.82) is 0 Å². The molecule has 58 heavy (non-hydrogen) atoms. The van der Waals surface area contributed by atoms with Crippen molar-refractivity contribution in [3.8, 4) is 22.6 Å². The van der Waals surface area contributed by atoms with Crippen LogP contribution in [0.2, 0.25) is 10.0 Å². The molecule has 3 aromatic carbocycles. The van der Waals surface area contributed by atoms with Crippen LogP contribution in [0.4, 0.5) is 5.69 Å². The molecule has 1 saturated heterocycles. The summed E-state index contributed by atoms with van der Waals surface area (Å²) in [7, 11) is 3.66. The third-order valence-corrected chi connectivity index (χ3v) is 12.9. The number of aromatic carboxylic acids is 1. The lowest BCUT2D eigenvalue weighted by molar-refractivity contribution is 0.0687. The van der Waals surface area contributed by atoms with E-state index in [0.717, 1.165) is 80.5 Å². The number of anilines is 1. The summed E-state index contributed by atoms with van der Waals surface area (Å²) in [6.07, 6.45) is 3.58. The van der Waals surface area contributed by atoms with Crippen LogP contribution < -0.4 is 14.4 Å². The first-order chi connectivity index (χ1) is 27.7. The zero-order valence-corrected chi connectivity index (χ0v) is 35.7. The van der Waals surface area contributed by atoms with Crippen molar-refractivity contribution in [3.05, 3.63) is 92.0 Å². The highest BCUT2D eigenvalue weighted by molar-refractivity contribution is 6.35. The zero-order chi connectivity index (χ0) is 41.2. The second-order valence-corrected chi connectivity index (χ2v) is 16.7. The summed E-state index contributed by atoms with van der Waals surface area (Å²) in [5, 5.41) is 17.9. The minimum Gasteiger partial charge on any atom is -0.494 e. The topological polar surface area (TPSA) is 107 Å². The number of hydrogen-bond acceptors (Lipinski definition) is 6. The normalized spacial score (nSPS) is 15.9. The van der Waals surface area contributed by atoms with Crippen molar-refractivity contribution in [1.82, 2.24) is 23.8 Å². The van der Waals surface area contributed by atoms with E-state index in [2.05, 4.69) is 16.4 Å². The summed E-state index contributed by atoms with van der Waals surface area (Å²) in [5.74, 6) is 0.130. The molecule has 0 unspecified atom stereocenters. The Labute approximate surface area is 348 Å². The number of nitrogens with zero attached hydrogens (tertiary/aromatic N) is 6. The standard InChI is InChI=1S/C45H50Cl2N6O5/c1-25-19-31(20-26(2)40(25)47)57-17-10-11-33-34-12-13-35(46)39(38-28(4)48-50(7)29(38)5)42(34)53-27(3)24-52(44(54)43(33)53)36-23-32(58-18-16-51-14-8-9-15-51)21-30-22-37(45(55)56)49(6)41(30)36/h12-13,19-23,27H,8-11,14-18,24H2,1-7H3,(H,55,56)/t27-/m1/s1. The molecule has 13 heteroatoms. The summed E-state index contributed by atoms with van der Waals surface area (Å²) < 4.78 is 18.3. The molecule has 1 fully saturated rings. The highest BCUT2D eigenvalue weighted by Crippen LogP contribution is 2.46. The maximum absolute atomic E-state index is 15.4. The number of benzene rings is 3. The van der Waals surface area contributed by atoms with Crippen molar-refractivity contribution in [3.63, 3.8) is 0 Å². The Morgan fingerprint density at radius 2 is 1.60 bits per heavy atom. The zero-order valence-electron chi connectivity index (χ0n) is 34.2. The van der Waals surface area contributed by atoms with Gasteiger partial charge in [0.2, 0.25) is 0 Å². The van der Waals surface area contributed by atoms with Gasteiger partial charge in [-0.25, -0.2) is 4.79 Å². The van der Waals surface area contributed by atoms with Gasteiger partial charge < -0.3 is 28.6 Å². The summed E-state index contributed by atoms with van der Waals surface area (Å²) in [4.78, 5) is 32.0. The molecule has 3 aromatic heterocycles. The number of rotatable bonds is 12. The maximum Gasteiger partial charge on any atom is 0.352 e. The fraction of sp³-hybridized carbons (Fsp3) is 0.400. The number of fused-ring (bicyclic) bond motifs is 4. The first-order valence-electron chi connectivity index (χ1n) is 20.0. The number of aromatic nitrogens is 4. The molecule has 304 valence electrons. The lowest BCUT2D eigenvalue weighted by atomic mass is 9.98. The molecule has 5 heterocycles. The van der Waals surface area contributed by atoms with Crippen LogP contribution in [0.15, 0.2) is 42.5 Å². The van der Waals surface area contributed by atoms with Crippen molar-refractivity contribution in [2.24, 2.45) is 14.1 Å².